The van der Waals surface area contributed by atoms with Crippen molar-refractivity contribution in [3.8, 4) is 5.75 Å². The number of carbonyl (C=O) groups excluding carboxylic acids is 3. The highest BCUT2D eigenvalue weighted by molar-refractivity contribution is 6.24. The molecule has 164 valence electrons. The van der Waals surface area contributed by atoms with E-state index in [-0.39, 0.29) is 23.6 Å². The van der Waals surface area contributed by atoms with Crippen LogP contribution in [0.3, 0.4) is 0 Å². The van der Waals surface area contributed by atoms with Crippen molar-refractivity contribution >= 4 is 29.4 Å². The quantitative estimate of drug-likeness (QED) is 0.693. The first kappa shape index (κ1) is 20.5. The minimum atomic E-state index is -0.750. The van der Waals surface area contributed by atoms with E-state index in [9.17, 15) is 14.4 Å². The lowest BCUT2D eigenvalue weighted by molar-refractivity contribution is -0.135. The van der Waals surface area contributed by atoms with E-state index in [0.717, 1.165) is 11.1 Å². The third-order valence-corrected chi connectivity index (χ3v) is 6.80. The van der Waals surface area contributed by atoms with Crippen LogP contribution in [0.5, 0.6) is 5.75 Å². The molecule has 0 radical (unpaired) electrons. The number of amides is 2. The first-order chi connectivity index (χ1) is 15.3. The molecule has 2 fully saturated rings. The second-order valence-corrected chi connectivity index (χ2v) is 9.63. The Kier molecular flexibility index (Phi) is 4.52. The van der Waals surface area contributed by atoms with Crippen molar-refractivity contribution in [1.29, 1.82) is 0 Å². The molecule has 2 amide bonds. The molecule has 0 aliphatic carbocycles. The Morgan fingerprint density at radius 3 is 2.31 bits per heavy atom. The van der Waals surface area contributed by atoms with Gasteiger partial charge in [-0.1, -0.05) is 57.2 Å². The summed E-state index contributed by atoms with van der Waals surface area (Å²) in [6.45, 7) is 5.58. The third-order valence-electron chi connectivity index (χ3n) is 6.80. The lowest BCUT2D eigenvalue weighted by atomic mass is 9.79. The van der Waals surface area contributed by atoms with Gasteiger partial charge in [-0.05, 0) is 29.3 Å². The summed E-state index contributed by atoms with van der Waals surface area (Å²) in [5, 5.41) is 0. The second kappa shape index (κ2) is 7.05. The minimum Gasteiger partial charge on any atom is -0.495 e. The summed E-state index contributed by atoms with van der Waals surface area (Å²) in [5.74, 6) is -1.60. The van der Waals surface area contributed by atoms with E-state index >= 15 is 0 Å². The third kappa shape index (κ3) is 2.75. The zero-order chi connectivity index (χ0) is 22.8. The predicted octanol–water partition coefficient (Wildman–Crippen LogP) is 3.83. The molecule has 0 N–H and O–H groups in total. The highest BCUT2D eigenvalue weighted by Gasteiger charge is 2.65. The summed E-state index contributed by atoms with van der Waals surface area (Å²) >= 11 is 0. The van der Waals surface area contributed by atoms with Crippen molar-refractivity contribution in [2.45, 2.75) is 32.9 Å². The van der Waals surface area contributed by atoms with Crippen LogP contribution in [-0.4, -0.2) is 35.6 Å². The van der Waals surface area contributed by atoms with Gasteiger partial charge in [0.15, 0.2) is 5.78 Å². The van der Waals surface area contributed by atoms with Crippen molar-refractivity contribution in [2.75, 3.05) is 12.0 Å². The number of anilines is 1. The van der Waals surface area contributed by atoms with Crippen LogP contribution >= 0.6 is 0 Å². The summed E-state index contributed by atoms with van der Waals surface area (Å²) in [5.41, 5.74) is 1.74. The molecule has 3 heterocycles. The molecule has 2 saturated heterocycles. The van der Waals surface area contributed by atoms with E-state index in [1.54, 1.807) is 24.3 Å². The number of ether oxygens (including phenoxy) is 1. The number of para-hydroxylation sites is 2. The number of fused-ring (bicyclic) bond motifs is 5. The van der Waals surface area contributed by atoms with E-state index in [1.807, 2.05) is 62.2 Å². The minimum absolute atomic E-state index is 0.0398. The van der Waals surface area contributed by atoms with E-state index in [0.29, 0.717) is 11.4 Å². The fourth-order valence-corrected chi connectivity index (χ4v) is 5.35. The summed E-state index contributed by atoms with van der Waals surface area (Å²) < 4.78 is 5.43. The number of methoxy groups -OCH3 is 1. The molecule has 0 unspecified atom stereocenters. The summed E-state index contributed by atoms with van der Waals surface area (Å²) in [6, 6.07) is 13.8. The average molecular weight is 431 g/mol. The molecular weight excluding hydrogens is 404 g/mol. The smallest absolute Gasteiger partial charge is 0.240 e. The molecule has 5 rings (SSSR count). The molecule has 6 heteroatoms. The Bertz CT molecular complexity index is 1160. The number of rotatable bonds is 3. The van der Waals surface area contributed by atoms with Crippen LogP contribution in [-0.2, 0) is 14.4 Å². The van der Waals surface area contributed by atoms with Crippen LogP contribution in [0.4, 0.5) is 5.69 Å². The van der Waals surface area contributed by atoms with E-state index in [4.69, 9.17) is 4.74 Å². The van der Waals surface area contributed by atoms with Gasteiger partial charge < -0.3 is 9.64 Å². The van der Waals surface area contributed by atoms with Gasteiger partial charge >= 0.3 is 0 Å². The number of nitrogens with zero attached hydrogens (tertiary/aromatic N) is 2. The number of hydrogen-bond acceptors (Lipinski definition) is 5. The molecule has 0 aromatic heterocycles. The molecular formula is C26H26N2O4. The van der Waals surface area contributed by atoms with Crippen LogP contribution in [0.1, 0.15) is 37.9 Å². The van der Waals surface area contributed by atoms with Gasteiger partial charge in [-0.2, -0.15) is 0 Å². The second-order valence-electron chi connectivity index (χ2n) is 9.63. The fraction of sp³-hybridized carbons (Fsp3) is 0.346. The van der Waals surface area contributed by atoms with Gasteiger partial charge in [0.1, 0.15) is 11.8 Å². The molecule has 3 aliphatic heterocycles. The SMILES string of the molecule is COc1ccccc1N1C(=O)[C@@H]2[C@H](C1=O)[C@H]1c3ccccc3C=CN1[C@@H]2C(=O)C(C)(C)C. The number of benzene rings is 2. The number of hydrogen-bond donors (Lipinski definition) is 0. The molecule has 3 aliphatic rings. The van der Waals surface area contributed by atoms with Crippen molar-refractivity contribution in [1.82, 2.24) is 4.90 Å². The van der Waals surface area contributed by atoms with Crippen molar-refractivity contribution in [3.05, 3.63) is 65.9 Å². The number of imide groups is 1. The van der Waals surface area contributed by atoms with Gasteiger partial charge in [0, 0.05) is 11.6 Å². The highest BCUT2D eigenvalue weighted by Crippen LogP contribution is 2.54. The van der Waals surface area contributed by atoms with E-state index in [1.165, 1.54) is 12.0 Å². The van der Waals surface area contributed by atoms with Crippen LogP contribution in [0.15, 0.2) is 54.7 Å². The largest absolute Gasteiger partial charge is 0.495 e. The highest BCUT2D eigenvalue weighted by atomic mass is 16.5. The van der Waals surface area contributed by atoms with Crippen molar-refractivity contribution < 1.29 is 19.1 Å². The van der Waals surface area contributed by atoms with Gasteiger partial charge in [-0.15, -0.1) is 0 Å². The maximum absolute atomic E-state index is 13.8. The van der Waals surface area contributed by atoms with E-state index in [2.05, 4.69) is 0 Å². The lowest BCUT2D eigenvalue weighted by Crippen LogP contribution is -2.47. The summed E-state index contributed by atoms with van der Waals surface area (Å²) in [7, 11) is 1.51. The standard InChI is InChI=1S/C26H26N2O4/c1-26(2,3)23(29)22-20-19(21-16-10-6-5-9-15(16)13-14-27(21)22)24(30)28(25(20)31)17-11-7-8-12-18(17)32-4/h5-14,19-22H,1-4H3/t19-,20+,21+,22-/m0/s1. The fourth-order valence-electron chi connectivity index (χ4n) is 5.35. The van der Waals surface area contributed by atoms with Crippen molar-refractivity contribution in [3.63, 3.8) is 0 Å². The van der Waals surface area contributed by atoms with Gasteiger partial charge in [-0.25, -0.2) is 4.90 Å². The zero-order valence-corrected chi connectivity index (χ0v) is 18.6. The normalized spacial score (nSPS) is 26.1. The molecule has 6 nitrogen and oxygen atoms in total. The first-order valence-electron chi connectivity index (χ1n) is 10.9. The summed E-state index contributed by atoms with van der Waals surface area (Å²) in [4.78, 5) is 44.4. The molecule has 0 spiro atoms. The number of ketones is 1. The van der Waals surface area contributed by atoms with Crippen molar-refractivity contribution in [2.24, 2.45) is 17.3 Å². The number of carbonyl (C=O) groups is 3. The lowest BCUT2D eigenvalue weighted by Gasteiger charge is -2.37. The van der Waals surface area contributed by atoms with Gasteiger partial charge in [-0.3, -0.25) is 14.4 Å². The zero-order valence-electron chi connectivity index (χ0n) is 18.6. The maximum atomic E-state index is 13.8. The molecule has 0 bridgehead atoms. The maximum Gasteiger partial charge on any atom is 0.240 e. The predicted molar refractivity (Wildman–Crippen MR) is 121 cm³/mol. The Morgan fingerprint density at radius 1 is 0.938 bits per heavy atom. The Labute approximate surface area is 187 Å². The average Bonchev–Trinajstić information content (AvgIpc) is 3.25. The molecule has 2 aromatic rings. The summed E-state index contributed by atoms with van der Waals surface area (Å²) in [6.07, 6.45) is 3.84. The molecule has 32 heavy (non-hydrogen) atoms. The Balaban J connectivity index is 1.68. The van der Waals surface area contributed by atoms with Crippen LogP contribution in [0.2, 0.25) is 0 Å². The van der Waals surface area contributed by atoms with E-state index < -0.39 is 23.3 Å². The topological polar surface area (TPSA) is 66.9 Å². The Morgan fingerprint density at radius 2 is 1.59 bits per heavy atom. The van der Waals surface area contributed by atoms with Crippen LogP contribution < -0.4 is 9.64 Å². The molecule has 4 atom stereocenters. The molecule has 0 saturated carbocycles. The van der Waals surface area contributed by atoms with Gasteiger partial charge in [0.2, 0.25) is 11.8 Å². The van der Waals surface area contributed by atoms with Crippen LogP contribution in [0, 0.1) is 17.3 Å². The Hall–Kier alpha value is -3.41. The monoisotopic (exact) mass is 430 g/mol. The number of Topliss-reactive ketones (excluding diaryl/α,β-unsaturated/α-hetero) is 1. The first-order valence-corrected chi connectivity index (χ1v) is 10.9. The van der Waals surface area contributed by atoms with Gasteiger partial charge in [0.25, 0.3) is 0 Å². The molecule has 2 aromatic carbocycles. The van der Waals surface area contributed by atoms with Crippen LogP contribution in [0.25, 0.3) is 6.08 Å². The van der Waals surface area contributed by atoms with Gasteiger partial charge in [0.05, 0.1) is 30.7 Å².